The van der Waals surface area contributed by atoms with Gasteiger partial charge in [-0.1, -0.05) is 17.7 Å². The topological polar surface area (TPSA) is 70.3 Å². The highest BCUT2D eigenvalue weighted by Gasteiger charge is 2.10. The minimum absolute atomic E-state index is 0.0911. The molecule has 19 heavy (non-hydrogen) atoms. The summed E-state index contributed by atoms with van der Waals surface area (Å²) in [4.78, 5) is 7.73. The largest absolute Gasteiger partial charge is 0.467 e. The number of halogens is 2. The van der Waals surface area contributed by atoms with Gasteiger partial charge < -0.3 is 15.2 Å². The molecule has 0 atom stereocenters. The summed E-state index contributed by atoms with van der Waals surface area (Å²) >= 11 is 5.88. The van der Waals surface area contributed by atoms with Crippen LogP contribution in [0.5, 0.6) is 17.6 Å². The van der Waals surface area contributed by atoms with Crippen molar-refractivity contribution in [3.8, 4) is 17.6 Å². The molecule has 0 unspecified atom stereocenters. The first-order valence-electron chi connectivity index (χ1n) is 5.37. The molecule has 0 saturated carbocycles. The average Bonchev–Trinajstić information content (AvgIpc) is 2.41. The molecule has 2 rings (SSSR count). The zero-order valence-corrected chi connectivity index (χ0v) is 10.8. The molecular formula is C12H11ClFN3O2. The molecule has 0 aliphatic carbocycles. The second kappa shape index (κ2) is 5.81. The molecule has 0 radical (unpaired) electrons. The summed E-state index contributed by atoms with van der Waals surface area (Å²) in [7, 11) is 1.42. The van der Waals surface area contributed by atoms with Gasteiger partial charge in [0.1, 0.15) is 16.6 Å². The monoisotopic (exact) mass is 283 g/mol. The maximum atomic E-state index is 13.5. The van der Waals surface area contributed by atoms with Crippen molar-refractivity contribution in [1.82, 2.24) is 9.97 Å². The second-order valence-electron chi connectivity index (χ2n) is 3.57. The summed E-state index contributed by atoms with van der Waals surface area (Å²) in [5.41, 5.74) is 5.78. The number of methoxy groups -OCH3 is 1. The molecule has 0 amide bonds. The molecule has 1 aromatic heterocycles. The molecule has 0 bridgehead atoms. The number of rotatable bonds is 4. The third-order valence-electron chi connectivity index (χ3n) is 2.33. The summed E-state index contributed by atoms with van der Waals surface area (Å²) < 4.78 is 23.8. The normalized spacial score (nSPS) is 10.3. The standard InChI is InChI=1S/C12H11ClFN3O2/c1-18-12-16-6-9(13)11(17-12)19-8-3-2-7(5-15)10(14)4-8/h2-4,6H,5,15H2,1H3. The third kappa shape index (κ3) is 3.10. The Morgan fingerprint density at radius 2 is 2.21 bits per heavy atom. The Morgan fingerprint density at radius 3 is 2.84 bits per heavy atom. The van der Waals surface area contributed by atoms with Gasteiger partial charge in [0.2, 0.25) is 5.88 Å². The molecule has 2 aromatic rings. The summed E-state index contributed by atoms with van der Waals surface area (Å²) in [6.45, 7) is 0.119. The van der Waals surface area contributed by atoms with Gasteiger partial charge >= 0.3 is 6.01 Å². The van der Waals surface area contributed by atoms with E-state index < -0.39 is 5.82 Å². The van der Waals surface area contributed by atoms with Crippen LogP contribution in [0.2, 0.25) is 5.02 Å². The number of ether oxygens (including phenoxy) is 2. The van der Waals surface area contributed by atoms with Gasteiger partial charge in [-0.2, -0.15) is 4.98 Å². The third-order valence-corrected chi connectivity index (χ3v) is 2.59. The van der Waals surface area contributed by atoms with Crippen molar-refractivity contribution in [3.05, 3.63) is 40.8 Å². The van der Waals surface area contributed by atoms with Crippen molar-refractivity contribution in [3.63, 3.8) is 0 Å². The van der Waals surface area contributed by atoms with Gasteiger partial charge in [-0.05, 0) is 6.07 Å². The molecule has 7 heteroatoms. The quantitative estimate of drug-likeness (QED) is 0.933. The summed E-state index contributed by atoms with van der Waals surface area (Å²) in [5, 5.41) is 0.198. The van der Waals surface area contributed by atoms with Gasteiger partial charge in [-0.3, -0.25) is 0 Å². The number of nitrogens with two attached hydrogens (primary N) is 1. The number of hydrogen-bond acceptors (Lipinski definition) is 5. The van der Waals surface area contributed by atoms with E-state index in [4.69, 9.17) is 26.8 Å². The van der Waals surface area contributed by atoms with Gasteiger partial charge in [-0.15, -0.1) is 0 Å². The van der Waals surface area contributed by atoms with Crippen LogP contribution in [0.1, 0.15) is 5.56 Å². The van der Waals surface area contributed by atoms with Crippen LogP contribution in [-0.4, -0.2) is 17.1 Å². The smallest absolute Gasteiger partial charge is 0.319 e. The Labute approximate surface area is 114 Å². The minimum Gasteiger partial charge on any atom is -0.467 e. The lowest BCUT2D eigenvalue weighted by molar-refractivity contribution is 0.366. The molecule has 1 heterocycles. The number of nitrogens with zero attached hydrogens (tertiary/aromatic N) is 2. The molecule has 1 aromatic carbocycles. The fourth-order valence-electron chi connectivity index (χ4n) is 1.37. The highest BCUT2D eigenvalue weighted by atomic mass is 35.5. The average molecular weight is 284 g/mol. The molecule has 0 fully saturated rings. The summed E-state index contributed by atoms with van der Waals surface area (Å²) in [5.74, 6) is -0.0945. The van der Waals surface area contributed by atoms with E-state index in [9.17, 15) is 4.39 Å². The fourth-order valence-corrected chi connectivity index (χ4v) is 1.50. The van der Waals surface area contributed by atoms with Crippen LogP contribution in [0.15, 0.2) is 24.4 Å². The van der Waals surface area contributed by atoms with Crippen LogP contribution in [0.25, 0.3) is 0 Å². The number of benzene rings is 1. The number of aromatic nitrogens is 2. The van der Waals surface area contributed by atoms with E-state index in [0.717, 1.165) is 0 Å². The number of hydrogen-bond donors (Lipinski definition) is 1. The lowest BCUT2D eigenvalue weighted by Gasteiger charge is -2.08. The Kier molecular flexibility index (Phi) is 4.13. The van der Waals surface area contributed by atoms with E-state index in [1.165, 1.54) is 25.4 Å². The molecule has 2 N–H and O–H groups in total. The highest BCUT2D eigenvalue weighted by Crippen LogP contribution is 2.28. The molecule has 100 valence electrons. The lowest BCUT2D eigenvalue weighted by Crippen LogP contribution is -2.00. The van der Waals surface area contributed by atoms with Crippen LogP contribution in [-0.2, 0) is 6.54 Å². The van der Waals surface area contributed by atoms with Crippen LogP contribution in [0.3, 0.4) is 0 Å². The van der Waals surface area contributed by atoms with Crippen molar-refractivity contribution >= 4 is 11.6 Å². The van der Waals surface area contributed by atoms with E-state index >= 15 is 0 Å². The first-order valence-corrected chi connectivity index (χ1v) is 5.74. The predicted octanol–water partition coefficient (Wildman–Crippen LogP) is 2.53. The Bertz CT molecular complexity index is 595. The maximum Gasteiger partial charge on any atom is 0.319 e. The molecule has 0 aliphatic rings. The van der Waals surface area contributed by atoms with Crippen LogP contribution in [0, 0.1) is 5.82 Å². The van der Waals surface area contributed by atoms with Gasteiger partial charge in [-0.25, -0.2) is 9.37 Å². The molecule has 0 saturated heterocycles. The molecule has 0 aliphatic heterocycles. The predicted molar refractivity (Wildman–Crippen MR) is 68.0 cm³/mol. The Morgan fingerprint density at radius 1 is 1.42 bits per heavy atom. The van der Waals surface area contributed by atoms with Crippen LogP contribution >= 0.6 is 11.6 Å². The zero-order valence-electron chi connectivity index (χ0n) is 10.1. The van der Waals surface area contributed by atoms with Crippen molar-refractivity contribution in [2.45, 2.75) is 6.54 Å². The first-order chi connectivity index (χ1) is 9.13. The fraction of sp³-hybridized carbons (Fsp3) is 0.167. The zero-order chi connectivity index (χ0) is 13.8. The summed E-state index contributed by atoms with van der Waals surface area (Å²) in [6, 6.07) is 4.44. The van der Waals surface area contributed by atoms with Crippen molar-refractivity contribution in [2.75, 3.05) is 7.11 Å². The Hall–Kier alpha value is -1.92. The van der Waals surface area contributed by atoms with E-state index in [1.54, 1.807) is 6.07 Å². The second-order valence-corrected chi connectivity index (χ2v) is 3.98. The Balaban J connectivity index is 2.28. The van der Waals surface area contributed by atoms with Gasteiger partial charge in [0.25, 0.3) is 0 Å². The molecule has 0 spiro atoms. The van der Waals surface area contributed by atoms with E-state index in [1.807, 2.05) is 0 Å². The van der Waals surface area contributed by atoms with Gasteiger partial charge in [0.05, 0.1) is 13.3 Å². The molecular weight excluding hydrogens is 273 g/mol. The van der Waals surface area contributed by atoms with E-state index in [0.29, 0.717) is 5.56 Å². The first kappa shape index (κ1) is 13.5. The van der Waals surface area contributed by atoms with Crippen molar-refractivity contribution in [2.24, 2.45) is 5.73 Å². The summed E-state index contributed by atoms with van der Waals surface area (Å²) in [6.07, 6.45) is 1.34. The van der Waals surface area contributed by atoms with Crippen molar-refractivity contribution < 1.29 is 13.9 Å². The van der Waals surface area contributed by atoms with E-state index in [2.05, 4.69) is 9.97 Å². The van der Waals surface area contributed by atoms with E-state index in [-0.39, 0.29) is 29.2 Å². The highest BCUT2D eigenvalue weighted by molar-refractivity contribution is 6.31. The molecule has 5 nitrogen and oxygen atoms in total. The lowest BCUT2D eigenvalue weighted by atomic mass is 10.2. The van der Waals surface area contributed by atoms with Crippen molar-refractivity contribution in [1.29, 1.82) is 0 Å². The SMILES string of the molecule is COc1ncc(Cl)c(Oc2ccc(CN)c(F)c2)n1. The van der Waals surface area contributed by atoms with Gasteiger partial charge in [0, 0.05) is 18.2 Å². The minimum atomic E-state index is -0.447. The van der Waals surface area contributed by atoms with Crippen LogP contribution < -0.4 is 15.2 Å². The van der Waals surface area contributed by atoms with Gasteiger partial charge in [0.15, 0.2) is 0 Å². The van der Waals surface area contributed by atoms with Crippen LogP contribution in [0.4, 0.5) is 4.39 Å². The maximum absolute atomic E-state index is 13.5.